The zero-order valence-corrected chi connectivity index (χ0v) is 11.5. The van der Waals surface area contributed by atoms with E-state index in [2.05, 4.69) is 5.16 Å². The number of aromatic nitrogens is 1. The molecule has 0 saturated carbocycles. The first kappa shape index (κ1) is 13.1. The molecule has 0 radical (unpaired) electrons. The van der Waals surface area contributed by atoms with Crippen LogP contribution in [0.3, 0.4) is 0 Å². The van der Waals surface area contributed by atoms with Gasteiger partial charge in [0.05, 0.1) is 0 Å². The molecule has 1 aromatic carbocycles. The minimum Gasteiger partial charge on any atom is -0.356 e. The van der Waals surface area contributed by atoms with Gasteiger partial charge in [0.25, 0.3) is 0 Å². The summed E-state index contributed by atoms with van der Waals surface area (Å²) in [6.45, 7) is 3.97. The minimum atomic E-state index is -3.61. The standard InChI is InChI=1S/C12H12ClNO3S/c1-8-3-9(2)5-10(4-8)12-6-11(14-17-12)7-18(13,15)16/h3-6H,7H2,1-2H3. The van der Waals surface area contributed by atoms with Crippen LogP contribution < -0.4 is 0 Å². The van der Waals surface area contributed by atoms with Crippen molar-refractivity contribution in [1.29, 1.82) is 0 Å². The minimum absolute atomic E-state index is 0.305. The maximum absolute atomic E-state index is 10.9. The van der Waals surface area contributed by atoms with Crippen molar-refractivity contribution in [3.63, 3.8) is 0 Å². The molecule has 96 valence electrons. The Balaban J connectivity index is 2.35. The van der Waals surface area contributed by atoms with Crippen LogP contribution in [0.4, 0.5) is 0 Å². The van der Waals surface area contributed by atoms with E-state index in [0.29, 0.717) is 11.5 Å². The van der Waals surface area contributed by atoms with Crippen LogP contribution in [-0.4, -0.2) is 13.6 Å². The molecule has 2 rings (SSSR count). The summed E-state index contributed by atoms with van der Waals surface area (Å²) < 4.78 is 27.0. The molecular weight excluding hydrogens is 274 g/mol. The highest BCUT2D eigenvalue weighted by atomic mass is 35.7. The van der Waals surface area contributed by atoms with Gasteiger partial charge in [-0.1, -0.05) is 22.3 Å². The van der Waals surface area contributed by atoms with Crippen molar-refractivity contribution in [1.82, 2.24) is 5.16 Å². The summed E-state index contributed by atoms with van der Waals surface area (Å²) in [5.41, 5.74) is 3.39. The number of rotatable bonds is 3. The van der Waals surface area contributed by atoms with Crippen LogP contribution in [0.2, 0.25) is 0 Å². The molecule has 0 spiro atoms. The van der Waals surface area contributed by atoms with Gasteiger partial charge in [0.15, 0.2) is 5.76 Å². The van der Waals surface area contributed by atoms with Gasteiger partial charge in [-0.2, -0.15) is 0 Å². The molecule has 2 aromatic rings. The Bertz CT molecular complexity index is 656. The van der Waals surface area contributed by atoms with E-state index in [-0.39, 0.29) is 5.75 Å². The Morgan fingerprint density at radius 1 is 1.17 bits per heavy atom. The first-order valence-electron chi connectivity index (χ1n) is 5.30. The van der Waals surface area contributed by atoms with Crippen LogP contribution in [0.15, 0.2) is 28.8 Å². The zero-order chi connectivity index (χ0) is 13.3. The predicted molar refractivity (Wildman–Crippen MR) is 69.9 cm³/mol. The van der Waals surface area contributed by atoms with E-state index in [1.165, 1.54) is 0 Å². The Hall–Kier alpha value is -1.33. The molecule has 0 aliphatic heterocycles. The van der Waals surface area contributed by atoms with E-state index < -0.39 is 9.05 Å². The fourth-order valence-corrected chi connectivity index (χ4v) is 2.63. The van der Waals surface area contributed by atoms with Gasteiger partial charge in [-0.05, 0) is 26.0 Å². The third kappa shape index (κ3) is 3.34. The lowest BCUT2D eigenvalue weighted by molar-refractivity contribution is 0.426. The molecule has 6 heteroatoms. The lowest BCUT2D eigenvalue weighted by Gasteiger charge is -2.00. The summed E-state index contributed by atoms with van der Waals surface area (Å²) >= 11 is 0. The van der Waals surface area contributed by atoms with Crippen molar-refractivity contribution in [3.8, 4) is 11.3 Å². The molecule has 0 unspecified atom stereocenters. The topological polar surface area (TPSA) is 60.2 Å². The number of hydrogen-bond donors (Lipinski definition) is 0. The normalized spacial score (nSPS) is 11.7. The molecule has 0 aliphatic rings. The van der Waals surface area contributed by atoms with Gasteiger partial charge in [0.1, 0.15) is 11.4 Å². The number of halogens is 1. The van der Waals surface area contributed by atoms with Crippen molar-refractivity contribution in [2.24, 2.45) is 0 Å². The second kappa shape index (κ2) is 4.74. The number of hydrogen-bond acceptors (Lipinski definition) is 4. The molecule has 0 atom stereocenters. The van der Waals surface area contributed by atoms with Gasteiger partial charge in [-0.3, -0.25) is 0 Å². The van der Waals surface area contributed by atoms with Gasteiger partial charge in [0, 0.05) is 22.3 Å². The van der Waals surface area contributed by atoms with E-state index in [9.17, 15) is 8.42 Å². The molecule has 4 nitrogen and oxygen atoms in total. The van der Waals surface area contributed by atoms with E-state index >= 15 is 0 Å². The van der Waals surface area contributed by atoms with Crippen LogP contribution in [0, 0.1) is 13.8 Å². The molecule has 0 amide bonds. The monoisotopic (exact) mass is 285 g/mol. The van der Waals surface area contributed by atoms with Crippen LogP contribution in [0.5, 0.6) is 0 Å². The highest BCUT2D eigenvalue weighted by Gasteiger charge is 2.13. The van der Waals surface area contributed by atoms with Gasteiger partial charge < -0.3 is 4.52 Å². The van der Waals surface area contributed by atoms with Gasteiger partial charge >= 0.3 is 0 Å². The lowest BCUT2D eigenvalue weighted by Crippen LogP contribution is -1.94. The number of nitrogens with zero attached hydrogens (tertiary/aromatic N) is 1. The van der Waals surface area contributed by atoms with Crippen LogP contribution in [0.25, 0.3) is 11.3 Å². The Morgan fingerprint density at radius 3 is 2.33 bits per heavy atom. The maximum atomic E-state index is 10.9. The molecule has 18 heavy (non-hydrogen) atoms. The largest absolute Gasteiger partial charge is 0.356 e. The quantitative estimate of drug-likeness (QED) is 0.813. The molecule has 0 N–H and O–H groups in total. The second-order valence-electron chi connectivity index (χ2n) is 4.24. The fraction of sp³-hybridized carbons (Fsp3) is 0.250. The van der Waals surface area contributed by atoms with Crippen molar-refractivity contribution in [2.75, 3.05) is 0 Å². The summed E-state index contributed by atoms with van der Waals surface area (Å²) in [6, 6.07) is 7.54. The van der Waals surface area contributed by atoms with Gasteiger partial charge in [-0.15, -0.1) is 0 Å². The Kier molecular flexibility index (Phi) is 3.45. The smallest absolute Gasteiger partial charge is 0.238 e. The average Bonchev–Trinajstić information content (AvgIpc) is 2.61. The van der Waals surface area contributed by atoms with Crippen molar-refractivity contribution < 1.29 is 12.9 Å². The maximum Gasteiger partial charge on any atom is 0.238 e. The summed E-state index contributed by atoms with van der Waals surface area (Å²) in [5.74, 6) is 0.208. The Morgan fingerprint density at radius 2 is 1.78 bits per heavy atom. The van der Waals surface area contributed by atoms with Crippen LogP contribution in [-0.2, 0) is 14.8 Å². The SMILES string of the molecule is Cc1cc(C)cc(-c2cc(CS(=O)(=O)Cl)no2)c1. The summed E-state index contributed by atoms with van der Waals surface area (Å²) in [5, 5.41) is 3.70. The van der Waals surface area contributed by atoms with Crippen molar-refractivity contribution in [3.05, 3.63) is 41.1 Å². The number of benzene rings is 1. The highest BCUT2D eigenvalue weighted by molar-refractivity contribution is 8.13. The zero-order valence-electron chi connectivity index (χ0n) is 9.97. The first-order valence-corrected chi connectivity index (χ1v) is 7.78. The third-order valence-electron chi connectivity index (χ3n) is 2.39. The molecule has 0 aliphatic carbocycles. The van der Waals surface area contributed by atoms with Crippen molar-refractivity contribution in [2.45, 2.75) is 19.6 Å². The van der Waals surface area contributed by atoms with E-state index in [1.54, 1.807) is 6.07 Å². The van der Waals surface area contributed by atoms with Crippen molar-refractivity contribution >= 4 is 19.7 Å². The molecule has 1 heterocycles. The van der Waals surface area contributed by atoms with E-state index in [1.807, 2.05) is 32.0 Å². The van der Waals surface area contributed by atoms with Gasteiger partial charge in [-0.25, -0.2) is 8.42 Å². The molecular formula is C12H12ClNO3S. The van der Waals surface area contributed by atoms with Crippen LogP contribution >= 0.6 is 10.7 Å². The Labute approximate surface area is 110 Å². The summed E-state index contributed by atoms with van der Waals surface area (Å²) in [4.78, 5) is 0. The third-order valence-corrected chi connectivity index (χ3v) is 3.35. The number of aryl methyl sites for hydroxylation is 2. The highest BCUT2D eigenvalue weighted by Crippen LogP contribution is 2.24. The van der Waals surface area contributed by atoms with E-state index in [4.69, 9.17) is 15.2 Å². The average molecular weight is 286 g/mol. The lowest BCUT2D eigenvalue weighted by atomic mass is 10.1. The molecule has 0 fully saturated rings. The van der Waals surface area contributed by atoms with Gasteiger partial charge in [0.2, 0.25) is 9.05 Å². The first-order chi connectivity index (χ1) is 8.33. The summed E-state index contributed by atoms with van der Waals surface area (Å²) in [7, 11) is 1.55. The van der Waals surface area contributed by atoms with E-state index in [0.717, 1.165) is 16.7 Å². The second-order valence-corrected chi connectivity index (χ2v) is 7.02. The predicted octanol–water partition coefficient (Wildman–Crippen LogP) is 3.03. The molecule has 0 saturated heterocycles. The fourth-order valence-electron chi connectivity index (χ4n) is 1.81. The molecule has 0 bridgehead atoms. The van der Waals surface area contributed by atoms with Crippen LogP contribution in [0.1, 0.15) is 16.8 Å². The summed E-state index contributed by atoms with van der Waals surface area (Å²) in [6.07, 6.45) is 0. The molecule has 1 aromatic heterocycles.